The second-order valence-electron chi connectivity index (χ2n) is 3.79. The number of anilines is 2. The molecule has 0 aliphatic heterocycles. The van der Waals surface area contributed by atoms with E-state index < -0.39 is 0 Å². The number of rotatable bonds is 3. The standard InChI is InChI=1S/C13H12Br2N2O/c1-8-3-4-10(18-2)6-12(8)17-13-11(15)5-9(14)7-16-13/h3-7H,1-2H3,(H,16,17). The molecular formula is C13H12Br2N2O. The molecule has 5 heteroatoms. The van der Waals surface area contributed by atoms with Crippen molar-refractivity contribution in [2.45, 2.75) is 6.92 Å². The van der Waals surface area contributed by atoms with E-state index in [4.69, 9.17) is 4.74 Å². The molecule has 0 amide bonds. The molecule has 1 N–H and O–H groups in total. The summed E-state index contributed by atoms with van der Waals surface area (Å²) in [5, 5.41) is 3.28. The van der Waals surface area contributed by atoms with Gasteiger partial charge in [0, 0.05) is 22.4 Å². The van der Waals surface area contributed by atoms with Crippen LogP contribution in [0.25, 0.3) is 0 Å². The monoisotopic (exact) mass is 370 g/mol. The molecule has 0 aliphatic rings. The average molecular weight is 372 g/mol. The molecular weight excluding hydrogens is 360 g/mol. The van der Waals surface area contributed by atoms with E-state index in [1.165, 1.54) is 0 Å². The second-order valence-corrected chi connectivity index (χ2v) is 5.56. The molecule has 0 fully saturated rings. The van der Waals surface area contributed by atoms with Crippen LogP contribution in [0, 0.1) is 6.92 Å². The van der Waals surface area contributed by atoms with E-state index in [9.17, 15) is 0 Å². The molecule has 2 rings (SSSR count). The first-order chi connectivity index (χ1) is 8.60. The van der Waals surface area contributed by atoms with Gasteiger partial charge in [-0.15, -0.1) is 0 Å². The molecule has 0 aliphatic carbocycles. The van der Waals surface area contributed by atoms with Gasteiger partial charge in [-0.05, 0) is 56.5 Å². The number of methoxy groups -OCH3 is 1. The van der Waals surface area contributed by atoms with Crippen molar-refractivity contribution in [3.05, 3.63) is 45.0 Å². The largest absolute Gasteiger partial charge is 0.497 e. The minimum atomic E-state index is 0.773. The maximum absolute atomic E-state index is 5.22. The number of nitrogens with zero attached hydrogens (tertiary/aromatic N) is 1. The Morgan fingerprint density at radius 2 is 2.00 bits per heavy atom. The minimum absolute atomic E-state index is 0.773. The third kappa shape index (κ3) is 3.03. The normalized spacial score (nSPS) is 10.2. The van der Waals surface area contributed by atoms with Crippen LogP contribution in [0.15, 0.2) is 39.4 Å². The van der Waals surface area contributed by atoms with Crippen molar-refractivity contribution in [3.8, 4) is 5.75 Å². The first-order valence-electron chi connectivity index (χ1n) is 5.33. The Bertz CT molecular complexity index is 573. The summed E-state index contributed by atoms with van der Waals surface area (Å²) in [4.78, 5) is 4.32. The van der Waals surface area contributed by atoms with Gasteiger partial charge in [0.1, 0.15) is 11.6 Å². The minimum Gasteiger partial charge on any atom is -0.497 e. The molecule has 18 heavy (non-hydrogen) atoms. The maximum Gasteiger partial charge on any atom is 0.144 e. The summed E-state index contributed by atoms with van der Waals surface area (Å²) in [5.41, 5.74) is 2.11. The quantitative estimate of drug-likeness (QED) is 0.851. The van der Waals surface area contributed by atoms with Crippen molar-refractivity contribution >= 4 is 43.4 Å². The average Bonchev–Trinajstić information content (AvgIpc) is 2.35. The molecule has 94 valence electrons. The maximum atomic E-state index is 5.22. The molecule has 0 atom stereocenters. The molecule has 1 heterocycles. The summed E-state index contributed by atoms with van der Waals surface area (Å²) in [6.45, 7) is 2.04. The highest BCUT2D eigenvalue weighted by atomic mass is 79.9. The van der Waals surface area contributed by atoms with Crippen LogP contribution in [0.5, 0.6) is 5.75 Å². The number of hydrogen-bond acceptors (Lipinski definition) is 3. The lowest BCUT2D eigenvalue weighted by Gasteiger charge is -2.11. The molecule has 0 spiro atoms. The van der Waals surface area contributed by atoms with Crippen LogP contribution in [-0.2, 0) is 0 Å². The lowest BCUT2D eigenvalue weighted by Crippen LogP contribution is -1.97. The van der Waals surface area contributed by atoms with Gasteiger partial charge in [0.05, 0.1) is 11.6 Å². The third-order valence-corrected chi connectivity index (χ3v) is 3.54. The van der Waals surface area contributed by atoms with Crippen LogP contribution in [-0.4, -0.2) is 12.1 Å². The van der Waals surface area contributed by atoms with E-state index in [-0.39, 0.29) is 0 Å². The van der Waals surface area contributed by atoms with Gasteiger partial charge in [-0.2, -0.15) is 0 Å². The van der Waals surface area contributed by atoms with Crippen molar-refractivity contribution in [2.24, 2.45) is 0 Å². The van der Waals surface area contributed by atoms with Crippen LogP contribution in [0.1, 0.15) is 5.56 Å². The van der Waals surface area contributed by atoms with Crippen molar-refractivity contribution in [1.82, 2.24) is 4.98 Å². The van der Waals surface area contributed by atoms with Gasteiger partial charge in [0.25, 0.3) is 0 Å². The molecule has 0 bridgehead atoms. The predicted molar refractivity (Wildman–Crippen MR) is 80.7 cm³/mol. The Morgan fingerprint density at radius 1 is 1.22 bits per heavy atom. The van der Waals surface area contributed by atoms with Crippen LogP contribution < -0.4 is 10.1 Å². The Labute approximate surface area is 123 Å². The Kier molecular flexibility index (Phi) is 4.24. The molecule has 0 saturated heterocycles. The van der Waals surface area contributed by atoms with Gasteiger partial charge in [0.2, 0.25) is 0 Å². The second kappa shape index (κ2) is 5.71. The molecule has 2 aromatic rings. The van der Waals surface area contributed by atoms with E-state index in [0.717, 1.165) is 31.8 Å². The first kappa shape index (κ1) is 13.4. The zero-order valence-corrected chi connectivity index (χ0v) is 13.2. The van der Waals surface area contributed by atoms with Crippen LogP contribution in [0.3, 0.4) is 0 Å². The number of hydrogen-bond donors (Lipinski definition) is 1. The van der Waals surface area contributed by atoms with Gasteiger partial charge in [-0.25, -0.2) is 4.98 Å². The summed E-state index contributed by atoms with van der Waals surface area (Å²) < 4.78 is 7.05. The fourth-order valence-electron chi connectivity index (χ4n) is 1.50. The number of aryl methyl sites for hydroxylation is 1. The fourth-order valence-corrected chi connectivity index (χ4v) is 2.58. The zero-order chi connectivity index (χ0) is 13.1. The van der Waals surface area contributed by atoms with Gasteiger partial charge >= 0.3 is 0 Å². The predicted octanol–water partition coefficient (Wildman–Crippen LogP) is 4.67. The van der Waals surface area contributed by atoms with E-state index in [2.05, 4.69) is 42.2 Å². The van der Waals surface area contributed by atoms with Gasteiger partial charge in [-0.3, -0.25) is 0 Å². The van der Waals surface area contributed by atoms with Crippen molar-refractivity contribution < 1.29 is 4.74 Å². The van der Waals surface area contributed by atoms with Crippen molar-refractivity contribution in [3.63, 3.8) is 0 Å². The molecule has 0 radical (unpaired) electrons. The lowest BCUT2D eigenvalue weighted by molar-refractivity contribution is 0.415. The Morgan fingerprint density at radius 3 is 2.67 bits per heavy atom. The Hall–Kier alpha value is -1.07. The number of halogens is 2. The van der Waals surface area contributed by atoms with Gasteiger partial charge < -0.3 is 10.1 Å². The molecule has 3 nitrogen and oxygen atoms in total. The molecule has 1 aromatic carbocycles. The number of ether oxygens (including phenoxy) is 1. The fraction of sp³-hybridized carbons (Fsp3) is 0.154. The zero-order valence-electron chi connectivity index (χ0n) is 10.00. The number of pyridine rings is 1. The van der Waals surface area contributed by atoms with Crippen LogP contribution in [0.2, 0.25) is 0 Å². The summed E-state index contributed by atoms with van der Waals surface area (Å²) in [6, 6.07) is 7.84. The highest BCUT2D eigenvalue weighted by Crippen LogP contribution is 2.29. The lowest BCUT2D eigenvalue weighted by atomic mass is 10.2. The molecule has 1 aromatic heterocycles. The highest BCUT2D eigenvalue weighted by Gasteiger charge is 2.06. The summed E-state index contributed by atoms with van der Waals surface area (Å²) in [5.74, 6) is 1.59. The topological polar surface area (TPSA) is 34.1 Å². The summed E-state index contributed by atoms with van der Waals surface area (Å²) in [6.07, 6.45) is 1.75. The van der Waals surface area contributed by atoms with E-state index >= 15 is 0 Å². The van der Waals surface area contributed by atoms with E-state index in [1.807, 2.05) is 31.2 Å². The molecule has 0 saturated carbocycles. The number of benzene rings is 1. The number of aromatic nitrogens is 1. The summed E-state index contributed by atoms with van der Waals surface area (Å²) >= 11 is 6.86. The van der Waals surface area contributed by atoms with E-state index in [1.54, 1.807) is 13.3 Å². The first-order valence-corrected chi connectivity index (χ1v) is 6.91. The Balaban J connectivity index is 2.33. The van der Waals surface area contributed by atoms with Crippen molar-refractivity contribution in [2.75, 3.05) is 12.4 Å². The van der Waals surface area contributed by atoms with E-state index in [0.29, 0.717) is 0 Å². The third-order valence-electron chi connectivity index (χ3n) is 2.51. The van der Waals surface area contributed by atoms with Gasteiger partial charge in [-0.1, -0.05) is 6.07 Å². The van der Waals surface area contributed by atoms with Crippen LogP contribution >= 0.6 is 31.9 Å². The van der Waals surface area contributed by atoms with Gasteiger partial charge in [0.15, 0.2) is 0 Å². The van der Waals surface area contributed by atoms with Crippen molar-refractivity contribution in [1.29, 1.82) is 0 Å². The van der Waals surface area contributed by atoms with Crippen LogP contribution in [0.4, 0.5) is 11.5 Å². The highest BCUT2D eigenvalue weighted by molar-refractivity contribution is 9.11. The smallest absolute Gasteiger partial charge is 0.144 e. The summed E-state index contributed by atoms with van der Waals surface area (Å²) in [7, 11) is 1.66. The SMILES string of the molecule is COc1ccc(C)c(Nc2ncc(Br)cc2Br)c1. The number of nitrogens with one attached hydrogen (secondary N) is 1. The molecule has 0 unspecified atom stereocenters.